The van der Waals surface area contributed by atoms with E-state index in [1.165, 1.54) is 0 Å². The Balaban J connectivity index is 2.11. The predicted molar refractivity (Wildman–Crippen MR) is 76.5 cm³/mol. The van der Waals surface area contributed by atoms with Crippen molar-refractivity contribution in [3.05, 3.63) is 35.4 Å². The van der Waals surface area contributed by atoms with E-state index in [1.807, 2.05) is 12.1 Å². The highest BCUT2D eigenvalue weighted by molar-refractivity contribution is 5.59. The lowest BCUT2D eigenvalue weighted by Gasteiger charge is -2.24. The molecule has 3 nitrogen and oxygen atoms in total. The van der Waals surface area contributed by atoms with Crippen LogP contribution in [0.5, 0.6) is 5.75 Å². The van der Waals surface area contributed by atoms with Gasteiger partial charge in [0, 0.05) is 14.2 Å². The standard InChI is InChI=1S/C16H20F2O3/c1-19-15(20-2)9-7-12-5-3-4-11-6-8-13(10-14(11)12)21-16(17)18/h3-4,6,8,10,12,15-16H,5,7,9H2,1-2H3. The molecule has 0 saturated carbocycles. The van der Waals surface area contributed by atoms with Crippen molar-refractivity contribution < 1.29 is 23.0 Å². The van der Waals surface area contributed by atoms with Crippen LogP contribution in [0, 0.1) is 0 Å². The molecule has 0 bridgehead atoms. The number of hydrogen-bond donors (Lipinski definition) is 0. The number of alkyl halides is 2. The molecule has 1 aromatic carbocycles. The van der Waals surface area contributed by atoms with Crippen molar-refractivity contribution in [2.75, 3.05) is 14.2 Å². The maximum atomic E-state index is 12.3. The fraction of sp³-hybridized carbons (Fsp3) is 0.500. The Morgan fingerprint density at radius 3 is 2.67 bits per heavy atom. The van der Waals surface area contributed by atoms with E-state index >= 15 is 0 Å². The highest BCUT2D eigenvalue weighted by Crippen LogP contribution is 2.36. The van der Waals surface area contributed by atoms with Gasteiger partial charge in [-0.15, -0.1) is 0 Å². The third-order valence-corrected chi connectivity index (χ3v) is 3.72. The van der Waals surface area contributed by atoms with Gasteiger partial charge in [0.05, 0.1) is 0 Å². The quantitative estimate of drug-likeness (QED) is 0.707. The predicted octanol–water partition coefficient (Wildman–Crippen LogP) is 4.19. The van der Waals surface area contributed by atoms with Crippen LogP contribution in [0.4, 0.5) is 8.78 Å². The molecule has 1 aliphatic rings. The first-order chi connectivity index (χ1) is 10.1. The van der Waals surface area contributed by atoms with Gasteiger partial charge in [-0.05, 0) is 48.4 Å². The van der Waals surface area contributed by atoms with Crippen molar-refractivity contribution in [2.24, 2.45) is 0 Å². The van der Waals surface area contributed by atoms with E-state index in [-0.39, 0.29) is 18.0 Å². The molecule has 0 aliphatic heterocycles. The fourth-order valence-electron chi connectivity index (χ4n) is 2.66. The Labute approximate surface area is 123 Å². The number of fused-ring (bicyclic) bond motifs is 1. The van der Waals surface area contributed by atoms with Crippen molar-refractivity contribution in [2.45, 2.75) is 38.1 Å². The fourth-order valence-corrected chi connectivity index (χ4v) is 2.66. The summed E-state index contributed by atoms with van der Waals surface area (Å²) in [5.74, 6) is 0.470. The molecular weight excluding hydrogens is 278 g/mol. The number of rotatable bonds is 7. The van der Waals surface area contributed by atoms with Crippen LogP contribution in [0.2, 0.25) is 0 Å². The van der Waals surface area contributed by atoms with Gasteiger partial charge in [-0.25, -0.2) is 0 Å². The summed E-state index contributed by atoms with van der Waals surface area (Å²) >= 11 is 0. The van der Waals surface area contributed by atoms with E-state index in [2.05, 4.69) is 10.8 Å². The first-order valence-corrected chi connectivity index (χ1v) is 6.95. The van der Waals surface area contributed by atoms with Crippen LogP contribution in [-0.4, -0.2) is 27.1 Å². The monoisotopic (exact) mass is 298 g/mol. The Kier molecular flexibility index (Phi) is 5.70. The van der Waals surface area contributed by atoms with Crippen molar-refractivity contribution in [3.63, 3.8) is 0 Å². The molecule has 0 heterocycles. The maximum Gasteiger partial charge on any atom is 0.387 e. The van der Waals surface area contributed by atoms with Crippen LogP contribution >= 0.6 is 0 Å². The zero-order chi connectivity index (χ0) is 15.2. The van der Waals surface area contributed by atoms with Crippen LogP contribution in [-0.2, 0) is 9.47 Å². The minimum absolute atomic E-state index is 0.207. The van der Waals surface area contributed by atoms with E-state index in [9.17, 15) is 8.78 Å². The first kappa shape index (κ1) is 15.9. The van der Waals surface area contributed by atoms with Gasteiger partial charge in [0.15, 0.2) is 6.29 Å². The van der Waals surface area contributed by atoms with Gasteiger partial charge < -0.3 is 14.2 Å². The summed E-state index contributed by atoms with van der Waals surface area (Å²) in [7, 11) is 3.22. The normalized spacial score (nSPS) is 17.3. The minimum atomic E-state index is -2.80. The molecule has 1 atom stereocenters. The van der Waals surface area contributed by atoms with Gasteiger partial charge in [0.2, 0.25) is 0 Å². The van der Waals surface area contributed by atoms with Crippen molar-refractivity contribution in [1.82, 2.24) is 0 Å². The second-order valence-electron chi connectivity index (χ2n) is 4.98. The lowest BCUT2D eigenvalue weighted by molar-refractivity contribution is -0.107. The number of methoxy groups -OCH3 is 2. The topological polar surface area (TPSA) is 27.7 Å². The lowest BCUT2D eigenvalue weighted by Crippen LogP contribution is -2.15. The first-order valence-electron chi connectivity index (χ1n) is 6.95. The molecule has 1 unspecified atom stereocenters. The van der Waals surface area contributed by atoms with Gasteiger partial charge in [-0.1, -0.05) is 18.2 Å². The SMILES string of the molecule is COC(CCC1CC=Cc2ccc(OC(F)F)cc21)OC. The number of benzene rings is 1. The van der Waals surface area contributed by atoms with Gasteiger partial charge in [0.1, 0.15) is 5.75 Å². The molecule has 116 valence electrons. The Morgan fingerprint density at radius 2 is 2.00 bits per heavy atom. The molecule has 2 rings (SSSR count). The van der Waals surface area contributed by atoms with Crippen LogP contribution in [0.3, 0.4) is 0 Å². The summed E-state index contributed by atoms with van der Waals surface area (Å²) in [6.07, 6.45) is 6.38. The van der Waals surface area contributed by atoms with Crippen LogP contribution in [0.15, 0.2) is 24.3 Å². The maximum absolute atomic E-state index is 12.3. The lowest BCUT2D eigenvalue weighted by atomic mass is 9.84. The zero-order valence-electron chi connectivity index (χ0n) is 12.2. The number of ether oxygens (including phenoxy) is 3. The summed E-state index contributed by atoms with van der Waals surface area (Å²) in [5.41, 5.74) is 2.10. The van der Waals surface area contributed by atoms with E-state index in [4.69, 9.17) is 9.47 Å². The highest BCUT2D eigenvalue weighted by Gasteiger charge is 2.20. The third-order valence-electron chi connectivity index (χ3n) is 3.72. The number of halogens is 2. The van der Waals surface area contributed by atoms with Crippen LogP contribution in [0.1, 0.15) is 36.3 Å². The Morgan fingerprint density at radius 1 is 1.24 bits per heavy atom. The molecule has 0 fully saturated rings. The molecule has 0 N–H and O–H groups in total. The number of allylic oxidation sites excluding steroid dienone is 1. The molecule has 5 heteroatoms. The molecule has 0 amide bonds. The van der Waals surface area contributed by atoms with Gasteiger partial charge in [-0.3, -0.25) is 0 Å². The second kappa shape index (κ2) is 7.52. The molecule has 21 heavy (non-hydrogen) atoms. The average molecular weight is 298 g/mol. The smallest absolute Gasteiger partial charge is 0.387 e. The second-order valence-corrected chi connectivity index (χ2v) is 4.98. The van der Waals surface area contributed by atoms with E-state index in [0.717, 1.165) is 30.4 Å². The molecule has 0 saturated heterocycles. The molecular formula is C16H20F2O3. The Bertz CT molecular complexity index is 484. The molecule has 1 aromatic rings. The minimum Gasteiger partial charge on any atom is -0.435 e. The molecule has 0 radical (unpaired) electrons. The van der Waals surface area contributed by atoms with Crippen molar-refractivity contribution in [1.29, 1.82) is 0 Å². The summed E-state index contributed by atoms with van der Waals surface area (Å²) in [6.45, 7) is -2.80. The third kappa shape index (κ3) is 4.25. The molecule has 1 aliphatic carbocycles. The van der Waals surface area contributed by atoms with Crippen molar-refractivity contribution in [3.8, 4) is 5.75 Å². The molecule has 0 spiro atoms. The van der Waals surface area contributed by atoms with Gasteiger partial charge >= 0.3 is 6.61 Å². The summed E-state index contributed by atoms with van der Waals surface area (Å²) in [6, 6.07) is 5.11. The van der Waals surface area contributed by atoms with Gasteiger partial charge in [-0.2, -0.15) is 8.78 Å². The summed E-state index contributed by atoms with van der Waals surface area (Å²) in [4.78, 5) is 0. The average Bonchev–Trinajstić information content (AvgIpc) is 2.48. The highest BCUT2D eigenvalue weighted by atomic mass is 19.3. The van der Waals surface area contributed by atoms with E-state index < -0.39 is 6.61 Å². The van der Waals surface area contributed by atoms with E-state index in [0.29, 0.717) is 0 Å². The van der Waals surface area contributed by atoms with Crippen molar-refractivity contribution >= 4 is 6.08 Å². The molecule has 0 aromatic heterocycles. The largest absolute Gasteiger partial charge is 0.435 e. The summed E-state index contributed by atoms with van der Waals surface area (Å²) in [5, 5.41) is 0. The number of hydrogen-bond acceptors (Lipinski definition) is 3. The summed E-state index contributed by atoms with van der Waals surface area (Å²) < 4.78 is 39.5. The zero-order valence-corrected chi connectivity index (χ0v) is 12.2. The van der Waals surface area contributed by atoms with Gasteiger partial charge in [0.25, 0.3) is 0 Å². The van der Waals surface area contributed by atoms with Crippen LogP contribution in [0.25, 0.3) is 6.08 Å². The van der Waals surface area contributed by atoms with Crippen LogP contribution < -0.4 is 4.74 Å². The Hall–Kier alpha value is -1.46. The van der Waals surface area contributed by atoms with E-state index in [1.54, 1.807) is 26.4 Å².